The number of hydrogen-bond donors (Lipinski definition) is 2. The summed E-state index contributed by atoms with van der Waals surface area (Å²) >= 11 is 5.98. The molecule has 2 rings (SSSR count). The van der Waals surface area contributed by atoms with Crippen molar-refractivity contribution in [2.75, 3.05) is 12.4 Å². The molecule has 0 aliphatic carbocycles. The Kier molecular flexibility index (Phi) is 6.59. The van der Waals surface area contributed by atoms with Gasteiger partial charge in [0.15, 0.2) is 6.10 Å². The number of sulfonamides is 1. The summed E-state index contributed by atoms with van der Waals surface area (Å²) < 4.78 is 31.0. The zero-order valence-electron chi connectivity index (χ0n) is 14.9. The normalized spacial score (nSPS) is 12.3. The van der Waals surface area contributed by atoms with Gasteiger partial charge in [0.05, 0.1) is 15.5 Å². The number of halogens is 1. The van der Waals surface area contributed by atoms with Crippen LogP contribution in [-0.2, 0) is 19.6 Å². The molecule has 0 aliphatic rings. The summed E-state index contributed by atoms with van der Waals surface area (Å²) in [5.41, 5.74) is 1.45. The number of nitrogens with one attached hydrogen (secondary N) is 2. The van der Waals surface area contributed by atoms with E-state index in [0.29, 0.717) is 5.69 Å². The molecule has 144 valence electrons. The van der Waals surface area contributed by atoms with Gasteiger partial charge in [0.1, 0.15) is 0 Å². The molecular formula is C18H19ClN2O5S. The first kappa shape index (κ1) is 20.9. The van der Waals surface area contributed by atoms with Crippen molar-refractivity contribution in [1.29, 1.82) is 0 Å². The molecule has 7 nitrogen and oxygen atoms in total. The molecule has 1 atom stereocenters. The predicted octanol–water partition coefficient (Wildman–Crippen LogP) is 2.74. The van der Waals surface area contributed by atoms with Crippen LogP contribution in [0.5, 0.6) is 0 Å². The number of anilines is 1. The van der Waals surface area contributed by atoms with E-state index in [1.165, 1.54) is 26.1 Å². The summed E-state index contributed by atoms with van der Waals surface area (Å²) in [4.78, 5) is 24.4. The largest absolute Gasteiger partial charge is 0.449 e. The van der Waals surface area contributed by atoms with E-state index in [2.05, 4.69) is 10.0 Å². The number of amides is 1. The number of carbonyl (C=O) groups is 2. The van der Waals surface area contributed by atoms with Gasteiger partial charge >= 0.3 is 5.97 Å². The van der Waals surface area contributed by atoms with E-state index in [1.54, 1.807) is 12.1 Å². The molecule has 27 heavy (non-hydrogen) atoms. The average Bonchev–Trinajstić information content (AvgIpc) is 2.63. The lowest BCUT2D eigenvalue weighted by molar-refractivity contribution is -0.123. The van der Waals surface area contributed by atoms with Crippen LogP contribution in [0, 0.1) is 6.92 Å². The minimum absolute atomic E-state index is 0.0150. The van der Waals surface area contributed by atoms with Gasteiger partial charge in [-0.25, -0.2) is 17.9 Å². The predicted molar refractivity (Wildman–Crippen MR) is 102 cm³/mol. The van der Waals surface area contributed by atoms with Crippen molar-refractivity contribution in [1.82, 2.24) is 4.72 Å². The molecule has 0 bridgehead atoms. The van der Waals surface area contributed by atoms with E-state index in [0.717, 1.165) is 11.6 Å². The molecule has 2 aromatic rings. The summed E-state index contributed by atoms with van der Waals surface area (Å²) in [5.74, 6) is -1.43. The Morgan fingerprint density at radius 3 is 2.33 bits per heavy atom. The van der Waals surface area contributed by atoms with Crippen molar-refractivity contribution in [3.63, 3.8) is 0 Å². The zero-order valence-corrected chi connectivity index (χ0v) is 16.5. The van der Waals surface area contributed by atoms with Gasteiger partial charge in [0, 0.05) is 5.69 Å². The van der Waals surface area contributed by atoms with Crippen LogP contribution in [0.2, 0.25) is 5.02 Å². The molecule has 0 heterocycles. The monoisotopic (exact) mass is 410 g/mol. The smallest absolute Gasteiger partial charge is 0.340 e. The summed E-state index contributed by atoms with van der Waals surface area (Å²) in [7, 11) is -2.51. The fourth-order valence-electron chi connectivity index (χ4n) is 2.10. The Hall–Kier alpha value is -2.42. The van der Waals surface area contributed by atoms with Crippen molar-refractivity contribution in [2.45, 2.75) is 24.8 Å². The van der Waals surface area contributed by atoms with Gasteiger partial charge in [-0.3, -0.25) is 4.79 Å². The van der Waals surface area contributed by atoms with E-state index < -0.39 is 28.0 Å². The number of benzene rings is 2. The fraction of sp³-hybridized carbons (Fsp3) is 0.222. The lowest BCUT2D eigenvalue weighted by atomic mass is 10.2. The van der Waals surface area contributed by atoms with Gasteiger partial charge < -0.3 is 10.1 Å². The van der Waals surface area contributed by atoms with E-state index in [-0.39, 0.29) is 15.5 Å². The topological polar surface area (TPSA) is 102 Å². The quantitative estimate of drug-likeness (QED) is 0.713. The van der Waals surface area contributed by atoms with Crippen LogP contribution in [-0.4, -0.2) is 33.4 Å². The minimum atomic E-state index is -3.76. The lowest BCUT2D eigenvalue weighted by Gasteiger charge is -2.14. The van der Waals surface area contributed by atoms with Crippen LogP contribution >= 0.6 is 11.6 Å². The first-order valence-corrected chi connectivity index (χ1v) is 9.82. The molecule has 0 saturated carbocycles. The first-order valence-electron chi connectivity index (χ1n) is 7.95. The highest BCUT2D eigenvalue weighted by molar-refractivity contribution is 7.89. The molecule has 0 unspecified atom stereocenters. The van der Waals surface area contributed by atoms with Crippen molar-refractivity contribution in [3.8, 4) is 0 Å². The summed E-state index contributed by atoms with van der Waals surface area (Å²) in [6, 6.07) is 10.8. The van der Waals surface area contributed by atoms with Crippen LogP contribution in [0.1, 0.15) is 22.8 Å². The number of hydrogen-bond acceptors (Lipinski definition) is 5. The second-order valence-corrected chi connectivity index (χ2v) is 8.05. The summed E-state index contributed by atoms with van der Waals surface area (Å²) in [5, 5.41) is 2.65. The summed E-state index contributed by atoms with van der Waals surface area (Å²) in [6.45, 7) is 3.33. The maximum Gasteiger partial charge on any atom is 0.340 e. The highest BCUT2D eigenvalue weighted by Gasteiger charge is 2.23. The molecule has 1 amide bonds. The Balaban J connectivity index is 2.12. The van der Waals surface area contributed by atoms with Crippen molar-refractivity contribution < 1.29 is 22.7 Å². The highest BCUT2D eigenvalue weighted by atomic mass is 35.5. The molecule has 0 fully saturated rings. The second-order valence-electron chi connectivity index (χ2n) is 5.75. The Morgan fingerprint density at radius 1 is 1.11 bits per heavy atom. The molecule has 2 aromatic carbocycles. The molecule has 0 aliphatic heterocycles. The van der Waals surface area contributed by atoms with Gasteiger partial charge in [0.2, 0.25) is 10.0 Å². The molecule has 0 spiro atoms. The minimum Gasteiger partial charge on any atom is -0.449 e. The zero-order chi connectivity index (χ0) is 20.2. The number of rotatable bonds is 6. The molecule has 0 saturated heterocycles. The second kappa shape index (κ2) is 8.51. The van der Waals surface area contributed by atoms with E-state index >= 15 is 0 Å². The van der Waals surface area contributed by atoms with Crippen molar-refractivity contribution in [2.24, 2.45) is 0 Å². The third kappa shape index (κ3) is 5.29. The standard InChI is InChI=1S/C18H19ClN2O5S/c1-11-4-6-13(7-5-11)21-17(22)12(2)26-18(23)15-10-14(8-9-16(15)19)27(24,25)20-3/h4-10,12,20H,1-3H3,(H,21,22)/t12-/m1/s1. The van der Waals surface area contributed by atoms with Gasteiger partial charge in [0.25, 0.3) is 5.91 Å². The average molecular weight is 411 g/mol. The molecule has 9 heteroatoms. The SMILES string of the molecule is CNS(=O)(=O)c1ccc(Cl)c(C(=O)O[C@H](C)C(=O)Nc2ccc(C)cc2)c1. The van der Waals surface area contributed by atoms with Crippen molar-refractivity contribution >= 4 is 39.2 Å². The molecule has 0 radical (unpaired) electrons. The van der Waals surface area contributed by atoms with Gasteiger partial charge in [-0.05, 0) is 51.2 Å². The third-order valence-corrected chi connectivity index (χ3v) is 5.45. The van der Waals surface area contributed by atoms with Crippen LogP contribution in [0.25, 0.3) is 0 Å². The van der Waals surface area contributed by atoms with Gasteiger partial charge in [-0.2, -0.15) is 0 Å². The number of carbonyl (C=O) groups excluding carboxylic acids is 2. The van der Waals surface area contributed by atoms with Crippen molar-refractivity contribution in [3.05, 3.63) is 58.6 Å². The van der Waals surface area contributed by atoms with Crippen LogP contribution < -0.4 is 10.0 Å². The molecule has 2 N–H and O–H groups in total. The Morgan fingerprint density at radius 2 is 1.74 bits per heavy atom. The highest BCUT2D eigenvalue weighted by Crippen LogP contribution is 2.22. The molecular weight excluding hydrogens is 392 g/mol. The van der Waals surface area contributed by atoms with Crippen LogP contribution in [0.4, 0.5) is 5.69 Å². The van der Waals surface area contributed by atoms with Gasteiger partial charge in [-0.15, -0.1) is 0 Å². The van der Waals surface area contributed by atoms with Gasteiger partial charge in [-0.1, -0.05) is 29.3 Å². The fourth-order valence-corrected chi connectivity index (χ4v) is 3.05. The van der Waals surface area contributed by atoms with Crippen LogP contribution in [0.3, 0.4) is 0 Å². The lowest BCUT2D eigenvalue weighted by Crippen LogP contribution is -2.30. The van der Waals surface area contributed by atoms with E-state index in [9.17, 15) is 18.0 Å². The Bertz CT molecular complexity index is 958. The third-order valence-electron chi connectivity index (χ3n) is 3.71. The number of aryl methyl sites for hydroxylation is 1. The first-order chi connectivity index (χ1) is 12.6. The Labute approximate surface area is 162 Å². The molecule has 0 aromatic heterocycles. The number of ether oxygens (including phenoxy) is 1. The van der Waals surface area contributed by atoms with E-state index in [1.807, 2.05) is 19.1 Å². The maximum absolute atomic E-state index is 12.3. The van der Waals surface area contributed by atoms with E-state index in [4.69, 9.17) is 16.3 Å². The van der Waals surface area contributed by atoms with Crippen LogP contribution in [0.15, 0.2) is 47.4 Å². The maximum atomic E-state index is 12.3. The number of esters is 1. The summed E-state index contributed by atoms with van der Waals surface area (Å²) in [6.07, 6.45) is -1.11.